The van der Waals surface area contributed by atoms with E-state index in [0.717, 1.165) is 23.7 Å². The van der Waals surface area contributed by atoms with Crippen LogP contribution in [0, 0.1) is 23.7 Å². The molecule has 0 spiro atoms. The van der Waals surface area contributed by atoms with Gasteiger partial charge in [0.1, 0.15) is 0 Å². The molecule has 2 saturated carbocycles. The van der Waals surface area contributed by atoms with Crippen LogP contribution < -0.4 is 0 Å². The first-order chi connectivity index (χ1) is 7.24. The molecule has 88 valence electrons. The van der Waals surface area contributed by atoms with Crippen molar-refractivity contribution < 1.29 is 0 Å². The van der Waals surface area contributed by atoms with Crippen molar-refractivity contribution >= 4 is 0 Å². The smallest absolute Gasteiger partial charge is 0.0409 e. The molecule has 2 aliphatic rings. The summed E-state index contributed by atoms with van der Waals surface area (Å²) in [5.74, 6) is 4.21. The van der Waals surface area contributed by atoms with E-state index in [2.05, 4.69) is 13.8 Å². The van der Waals surface area contributed by atoms with Crippen molar-refractivity contribution in [2.45, 2.75) is 71.6 Å². The summed E-state index contributed by atoms with van der Waals surface area (Å²) in [6.07, 6.45) is 13.7. The van der Waals surface area contributed by atoms with Gasteiger partial charge in [0, 0.05) is 0 Å². The predicted octanol–water partition coefficient (Wildman–Crippen LogP) is 5.03. The Hall–Kier alpha value is 0. The highest BCUT2D eigenvalue weighted by Crippen LogP contribution is 2.38. The molecule has 0 radical (unpaired) electrons. The first kappa shape index (κ1) is 11.5. The molecule has 2 fully saturated rings. The third-order valence-electron chi connectivity index (χ3n) is 4.76. The quantitative estimate of drug-likeness (QED) is 0.597. The molecule has 0 aliphatic heterocycles. The highest BCUT2D eigenvalue weighted by molar-refractivity contribution is 4.77. The summed E-state index contributed by atoms with van der Waals surface area (Å²) < 4.78 is 0. The van der Waals surface area contributed by atoms with E-state index >= 15 is 0 Å². The highest BCUT2D eigenvalue weighted by Gasteiger charge is 2.25. The maximum absolute atomic E-state index is 2.45. The summed E-state index contributed by atoms with van der Waals surface area (Å²) in [6, 6.07) is 0. The molecule has 4 unspecified atom stereocenters. The van der Waals surface area contributed by atoms with Crippen LogP contribution in [0.1, 0.15) is 71.6 Å². The standard InChI is InChI=1S/C15H28/c1-12-5-3-7-14(9-12)11-15-8-4-6-13(2)10-15/h12-15H,3-11H2,1-2H3. The molecule has 0 heterocycles. The predicted molar refractivity (Wildman–Crippen MR) is 66.9 cm³/mol. The molecule has 4 atom stereocenters. The Morgan fingerprint density at radius 1 is 0.733 bits per heavy atom. The third-order valence-corrected chi connectivity index (χ3v) is 4.76. The van der Waals surface area contributed by atoms with Crippen LogP contribution in [0.15, 0.2) is 0 Å². The van der Waals surface area contributed by atoms with Gasteiger partial charge < -0.3 is 0 Å². The molecule has 0 N–H and O–H groups in total. The van der Waals surface area contributed by atoms with Crippen molar-refractivity contribution in [2.24, 2.45) is 23.7 Å². The van der Waals surface area contributed by atoms with Gasteiger partial charge in [-0.15, -0.1) is 0 Å². The van der Waals surface area contributed by atoms with E-state index in [4.69, 9.17) is 0 Å². The number of hydrogen-bond donors (Lipinski definition) is 0. The third kappa shape index (κ3) is 3.50. The molecular formula is C15H28. The fourth-order valence-corrected chi connectivity index (χ4v) is 4.02. The average Bonchev–Trinajstić information content (AvgIpc) is 2.17. The lowest BCUT2D eigenvalue weighted by Crippen LogP contribution is -2.20. The maximum atomic E-state index is 2.45. The van der Waals surface area contributed by atoms with Gasteiger partial charge in [0.2, 0.25) is 0 Å². The largest absolute Gasteiger partial charge is 0.0625 e. The minimum absolute atomic E-state index is 1.02. The van der Waals surface area contributed by atoms with Gasteiger partial charge in [-0.05, 0) is 42.9 Å². The van der Waals surface area contributed by atoms with E-state index in [0.29, 0.717) is 0 Å². The topological polar surface area (TPSA) is 0 Å². The van der Waals surface area contributed by atoms with Crippen LogP contribution in [-0.4, -0.2) is 0 Å². The van der Waals surface area contributed by atoms with Gasteiger partial charge in [0.05, 0.1) is 0 Å². The molecule has 0 aromatic carbocycles. The molecule has 2 aliphatic carbocycles. The Labute approximate surface area is 95.8 Å². The molecule has 15 heavy (non-hydrogen) atoms. The SMILES string of the molecule is CC1CCCC(CC2CCCC(C)C2)C1. The molecule has 0 aromatic heterocycles. The van der Waals surface area contributed by atoms with E-state index in [9.17, 15) is 0 Å². The molecule has 0 aromatic rings. The summed E-state index contributed by atoms with van der Waals surface area (Å²) in [5, 5.41) is 0. The fourth-order valence-electron chi connectivity index (χ4n) is 4.02. The maximum Gasteiger partial charge on any atom is -0.0409 e. The first-order valence-electron chi connectivity index (χ1n) is 7.24. The minimum atomic E-state index is 1.02. The van der Waals surface area contributed by atoms with Crippen molar-refractivity contribution in [3.05, 3.63) is 0 Å². The summed E-state index contributed by atoms with van der Waals surface area (Å²) in [5.41, 5.74) is 0. The van der Waals surface area contributed by atoms with Crippen molar-refractivity contribution in [1.82, 2.24) is 0 Å². The average molecular weight is 208 g/mol. The van der Waals surface area contributed by atoms with E-state index in [1.165, 1.54) is 51.4 Å². The second-order valence-electron chi connectivity index (χ2n) is 6.51. The molecule has 0 heteroatoms. The Kier molecular flexibility index (Phi) is 4.11. The lowest BCUT2D eigenvalue weighted by atomic mass is 9.73. The molecule has 0 saturated heterocycles. The molecule has 0 bridgehead atoms. The summed E-state index contributed by atoms with van der Waals surface area (Å²) in [7, 11) is 0. The van der Waals surface area contributed by atoms with Crippen LogP contribution in [0.5, 0.6) is 0 Å². The molecule has 2 rings (SSSR count). The van der Waals surface area contributed by atoms with E-state index in [1.807, 2.05) is 0 Å². The highest BCUT2D eigenvalue weighted by atomic mass is 14.3. The Balaban J connectivity index is 1.75. The van der Waals surface area contributed by atoms with E-state index < -0.39 is 0 Å². The van der Waals surface area contributed by atoms with Gasteiger partial charge in [-0.25, -0.2) is 0 Å². The van der Waals surface area contributed by atoms with Crippen molar-refractivity contribution in [2.75, 3.05) is 0 Å². The Bertz CT molecular complexity index is 164. The number of hydrogen-bond acceptors (Lipinski definition) is 0. The molecule has 0 nitrogen and oxygen atoms in total. The monoisotopic (exact) mass is 208 g/mol. The van der Waals surface area contributed by atoms with Crippen LogP contribution in [-0.2, 0) is 0 Å². The van der Waals surface area contributed by atoms with Crippen molar-refractivity contribution in [1.29, 1.82) is 0 Å². The summed E-state index contributed by atoms with van der Waals surface area (Å²) in [6.45, 7) is 4.91. The molecular weight excluding hydrogens is 180 g/mol. The Morgan fingerprint density at radius 3 is 1.60 bits per heavy atom. The lowest BCUT2D eigenvalue weighted by Gasteiger charge is -2.33. The van der Waals surface area contributed by atoms with Gasteiger partial charge in [0.15, 0.2) is 0 Å². The van der Waals surface area contributed by atoms with Crippen LogP contribution in [0.2, 0.25) is 0 Å². The van der Waals surface area contributed by atoms with Gasteiger partial charge in [-0.2, -0.15) is 0 Å². The van der Waals surface area contributed by atoms with Crippen LogP contribution in [0.3, 0.4) is 0 Å². The molecule has 0 amide bonds. The number of rotatable bonds is 2. The second-order valence-corrected chi connectivity index (χ2v) is 6.51. The minimum Gasteiger partial charge on any atom is -0.0625 e. The summed E-state index contributed by atoms with van der Waals surface area (Å²) in [4.78, 5) is 0. The van der Waals surface area contributed by atoms with Crippen LogP contribution in [0.4, 0.5) is 0 Å². The van der Waals surface area contributed by atoms with Gasteiger partial charge in [-0.3, -0.25) is 0 Å². The first-order valence-corrected chi connectivity index (χ1v) is 7.24. The van der Waals surface area contributed by atoms with Crippen molar-refractivity contribution in [3.63, 3.8) is 0 Å². The normalized spacial score (nSPS) is 42.8. The van der Waals surface area contributed by atoms with Crippen LogP contribution in [0.25, 0.3) is 0 Å². The summed E-state index contributed by atoms with van der Waals surface area (Å²) >= 11 is 0. The zero-order chi connectivity index (χ0) is 10.7. The Morgan fingerprint density at radius 2 is 1.20 bits per heavy atom. The fraction of sp³-hybridized carbons (Fsp3) is 1.00. The zero-order valence-electron chi connectivity index (χ0n) is 10.7. The lowest BCUT2D eigenvalue weighted by molar-refractivity contribution is 0.191. The zero-order valence-corrected chi connectivity index (χ0v) is 10.7. The van der Waals surface area contributed by atoms with Crippen molar-refractivity contribution in [3.8, 4) is 0 Å². The van der Waals surface area contributed by atoms with E-state index in [1.54, 1.807) is 6.42 Å². The second kappa shape index (κ2) is 5.37. The van der Waals surface area contributed by atoms with Gasteiger partial charge >= 0.3 is 0 Å². The van der Waals surface area contributed by atoms with E-state index in [-0.39, 0.29) is 0 Å². The van der Waals surface area contributed by atoms with Crippen LogP contribution >= 0.6 is 0 Å². The van der Waals surface area contributed by atoms with Gasteiger partial charge in [0.25, 0.3) is 0 Å². The van der Waals surface area contributed by atoms with Gasteiger partial charge in [-0.1, -0.05) is 52.4 Å².